The maximum Gasteiger partial charge on any atom is 0.124 e. The Labute approximate surface area is 130 Å². The van der Waals surface area contributed by atoms with Gasteiger partial charge in [0.25, 0.3) is 0 Å². The molecule has 2 aliphatic heterocycles. The van der Waals surface area contributed by atoms with Gasteiger partial charge in [-0.3, -0.25) is 0 Å². The molecule has 0 aliphatic carbocycles. The summed E-state index contributed by atoms with van der Waals surface area (Å²) in [6, 6.07) is 5.64. The van der Waals surface area contributed by atoms with Crippen LogP contribution in [0.25, 0.3) is 0 Å². The lowest BCUT2D eigenvalue weighted by Gasteiger charge is -2.43. The largest absolute Gasteiger partial charge is 0.490 e. The Hall–Kier alpha value is -0.810. The minimum absolute atomic E-state index is 0.0591. The van der Waals surface area contributed by atoms with Crippen molar-refractivity contribution in [2.45, 2.75) is 43.9 Å². The van der Waals surface area contributed by atoms with E-state index in [1.54, 1.807) is 0 Å². The number of hydrogen-bond donors (Lipinski definition) is 1. The van der Waals surface area contributed by atoms with Gasteiger partial charge in [-0.05, 0) is 31.0 Å². The average Bonchev–Trinajstić information content (AvgIpc) is 2.50. The lowest BCUT2D eigenvalue weighted by atomic mass is 9.85. The van der Waals surface area contributed by atoms with Gasteiger partial charge in [-0.1, -0.05) is 11.6 Å². The van der Waals surface area contributed by atoms with Crippen molar-refractivity contribution in [1.82, 2.24) is 0 Å². The summed E-state index contributed by atoms with van der Waals surface area (Å²) < 4.78 is 17.7. The third-order valence-corrected chi connectivity index (χ3v) is 4.62. The van der Waals surface area contributed by atoms with Crippen molar-refractivity contribution in [3.8, 4) is 5.75 Å². The van der Waals surface area contributed by atoms with Gasteiger partial charge in [0.05, 0.1) is 12.2 Å². The molecule has 1 aromatic carbocycles. The molecule has 4 nitrogen and oxygen atoms in total. The van der Waals surface area contributed by atoms with Crippen molar-refractivity contribution in [3.05, 3.63) is 28.8 Å². The van der Waals surface area contributed by atoms with Crippen LogP contribution in [0.5, 0.6) is 5.75 Å². The SMILES string of the molecule is NCc1cc(Cl)ccc1OC1CCOC2(CCOCC2)C1. The maximum absolute atomic E-state index is 6.20. The minimum Gasteiger partial charge on any atom is -0.490 e. The zero-order chi connectivity index (χ0) is 14.7. The molecular weight excluding hydrogens is 290 g/mol. The number of rotatable bonds is 3. The Bertz CT molecular complexity index is 483. The molecule has 0 saturated carbocycles. The number of nitrogens with two attached hydrogens (primary N) is 1. The molecular formula is C16H22ClNO3. The lowest BCUT2D eigenvalue weighted by molar-refractivity contribution is -0.155. The van der Waals surface area contributed by atoms with E-state index < -0.39 is 0 Å². The molecule has 0 radical (unpaired) electrons. The Morgan fingerprint density at radius 2 is 2.10 bits per heavy atom. The van der Waals surface area contributed by atoms with E-state index in [2.05, 4.69) is 0 Å². The molecule has 2 fully saturated rings. The average molecular weight is 312 g/mol. The summed E-state index contributed by atoms with van der Waals surface area (Å²) >= 11 is 6.01. The van der Waals surface area contributed by atoms with Crippen LogP contribution in [0.2, 0.25) is 5.02 Å². The molecule has 0 amide bonds. The highest BCUT2D eigenvalue weighted by Gasteiger charge is 2.39. The van der Waals surface area contributed by atoms with Crippen LogP contribution in [-0.2, 0) is 16.0 Å². The van der Waals surface area contributed by atoms with Crippen LogP contribution < -0.4 is 10.5 Å². The highest BCUT2D eigenvalue weighted by atomic mass is 35.5. The summed E-state index contributed by atoms with van der Waals surface area (Å²) in [4.78, 5) is 0. The second-order valence-electron chi connectivity index (χ2n) is 5.83. The van der Waals surface area contributed by atoms with Crippen molar-refractivity contribution >= 4 is 11.6 Å². The number of ether oxygens (including phenoxy) is 3. The zero-order valence-electron chi connectivity index (χ0n) is 12.1. The van der Waals surface area contributed by atoms with Crippen LogP contribution in [-0.4, -0.2) is 31.5 Å². The van der Waals surface area contributed by atoms with E-state index in [0.717, 1.165) is 56.8 Å². The smallest absolute Gasteiger partial charge is 0.124 e. The van der Waals surface area contributed by atoms with E-state index in [1.165, 1.54) is 0 Å². The van der Waals surface area contributed by atoms with Crippen LogP contribution in [0.15, 0.2) is 18.2 Å². The molecule has 116 valence electrons. The van der Waals surface area contributed by atoms with Crippen LogP contribution in [0, 0.1) is 0 Å². The van der Waals surface area contributed by atoms with E-state index in [1.807, 2.05) is 18.2 Å². The molecule has 2 aliphatic rings. The molecule has 1 aromatic rings. The fourth-order valence-corrected chi connectivity index (χ4v) is 3.37. The first-order chi connectivity index (χ1) is 10.2. The fourth-order valence-electron chi connectivity index (χ4n) is 3.18. The summed E-state index contributed by atoms with van der Waals surface area (Å²) in [7, 11) is 0. The molecule has 2 saturated heterocycles. The monoisotopic (exact) mass is 311 g/mol. The van der Waals surface area contributed by atoms with E-state index in [9.17, 15) is 0 Å². The lowest BCUT2D eigenvalue weighted by Crippen LogP contribution is -2.47. The van der Waals surface area contributed by atoms with Crippen molar-refractivity contribution < 1.29 is 14.2 Å². The molecule has 1 spiro atoms. The van der Waals surface area contributed by atoms with Crippen LogP contribution in [0.3, 0.4) is 0 Å². The highest BCUT2D eigenvalue weighted by Crippen LogP contribution is 2.36. The van der Waals surface area contributed by atoms with Gasteiger partial charge in [-0.2, -0.15) is 0 Å². The summed E-state index contributed by atoms with van der Waals surface area (Å²) in [5.74, 6) is 0.844. The summed E-state index contributed by atoms with van der Waals surface area (Å²) in [5, 5.41) is 0.690. The minimum atomic E-state index is -0.0591. The summed E-state index contributed by atoms with van der Waals surface area (Å²) in [6.07, 6.45) is 3.91. The van der Waals surface area contributed by atoms with Gasteiger partial charge in [-0.25, -0.2) is 0 Å². The molecule has 0 aromatic heterocycles. The molecule has 2 heterocycles. The van der Waals surface area contributed by atoms with Crippen molar-refractivity contribution in [2.24, 2.45) is 5.73 Å². The topological polar surface area (TPSA) is 53.7 Å². The van der Waals surface area contributed by atoms with E-state index >= 15 is 0 Å². The molecule has 0 bridgehead atoms. The molecule has 21 heavy (non-hydrogen) atoms. The standard InChI is InChI=1S/C16H22ClNO3/c17-13-1-2-15(12(9-13)11-18)21-14-3-6-20-16(10-14)4-7-19-8-5-16/h1-2,9,14H,3-8,10-11,18H2. The fraction of sp³-hybridized carbons (Fsp3) is 0.625. The Kier molecular flexibility index (Phi) is 4.69. The zero-order valence-corrected chi connectivity index (χ0v) is 12.9. The first-order valence-corrected chi connectivity index (χ1v) is 7.95. The normalized spacial score (nSPS) is 25.0. The Morgan fingerprint density at radius 1 is 1.29 bits per heavy atom. The predicted octanol–water partition coefficient (Wildman–Crippen LogP) is 2.91. The van der Waals surface area contributed by atoms with Gasteiger partial charge in [0.1, 0.15) is 11.9 Å². The van der Waals surface area contributed by atoms with Crippen molar-refractivity contribution in [1.29, 1.82) is 0 Å². The van der Waals surface area contributed by atoms with E-state index in [4.69, 9.17) is 31.5 Å². The molecule has 1 atom stereocenters. The van der Waals surface area contributed by atoms with Gasteiger partial charge in [0.15, 0.2) is 0 Å². The Morgan fingerprint density at radius 3 is 2.86 bits per heavy atom. The predicted molar refractivity (Wildman–Crippen MR) is 81.7 cm³/mol. The molecule has 1 unspecified atom stereocenters. The first kappa shape index (κ1) is 15.1. The van der Waals surface area contributed by atoms with Crippen molar-refractivity contribution in [3.63, 3.8) is 0 Å². The maximum atomic E-state index is 6.20. The molecule has 3 rings (SSSR count). The third kappa shape index (κ3) is 3.51. The number of halogens is 1. The van der Waals surface area contributed by atoms with Gasteiger partial charge >= 0.3 is 0 Å². The van der Waals surface area contributed by atoms with Gasteiger partial charge in [0, 0.05) is 43.2 Å². The molecule has 2 N–H and O–H groups in total. The van der Waals surface area contributed by atoms with Crippen LogP contribution >= 0.6 is 11.6 Å². The second kappa shape index (κ2) is 6.53. The van der Waals surface area contributed by atoms with Crippen LogP contribution in [0.4, 0.5) is 0 Å². The van der Waals surface area contributed by atoms with Crippen molar-refractivity contribution in [2.75, 3.05) is 19.8 Å². The second-order valence-corrected chi connectivity index (χ2v) is 6.27. The summed E-state index contributed by atoms with van der Waals surface area (Å²) in [6.45, 7) is 2.73. The van der Waals surface area contributed by atoms with Gasteiger partial charge in [0.2, 0.25) is 0 Å². The highest BCUT2D eigenvalue weighted by molar-refractivity contribution is 6.30. The third-order valence-electron chi connectivity index (χ3n) is 4.39. The van der Waals surface area contributed by atoms with E-state index in [0.29, 0.717) is 11.6 Å². The quantitative estimate of drug-likeness (QED) is 0.932. The Balaban J connectivity index is 1.70. The van der Waals surface area contributed by atoms with Crippen LogP contribution in [0.1, 0.15) is 31.2 Å². The van der Waals surface area contributed by atoms with Gasteiger partial charge in [-0.15, -0.1) is 0 Å². The number of hydrogen-bond acceptors (Lipinski definition) is 4. The first-order valence-electron chi connectivity index (χ1n) is 7.58. The van der Waals surface area contributed by atoms with Gasteiger partial charge < -0.3 is 19.9 Å². The number of benzene rings is 1. The van der Waals surface area contributed by atoms with E-state index in [-0.39, 0.29) is 11.7 Å². The summed E-state index contributed by atoms with van der Waals surface area (Å²) in [5.41, 5.74) is 6.68. The molecule has 5 heteroatoms.